The maximum absolute atomic E-state index is 9.17. The second-order valence-electron chi connectivity index (χ2n) is 4.11. The van der Waals surface area contributed by atoms with Crippen LogP contribution in [0, 0.1) is 11.3 Å². The van der Waals surface area contributed by atoms with Crippen molar-refractivity contribution in [1.29, 1.82) is 5.26 Å². The molecular weight excluding hydrogens is 218 g/mol. The van der Waals surface area contributed by atoms with E-state index in [1.165, 1.54) is 4.90 Å². The van der Waals surface area contributed by atoms with Gasteiger partial charge >= 0.3 is 0 Å². The minimum absolute atomic E-state index is 0.301. The summed E-state index contributed by atoms with van der Waals surface area (Å²) in [5.41, 5.74) is -0.301. The zero-order valence-electron chi connectivity index (χ0n) is 9.31. The van der Waals surface area contributed by atoms with Crippen LogP contribution in [0.1, 0.15) is 19.3 Å². The lowest BCUT2D eigenvalue weighted by atomic mass is 10.0. The van der Waals surface area contributed by atoms with Gasteiger partial charge in [0.15, 0.2) is 0 Å². The lowest BCUT2D eigenvalue weighted by Gasteiger charge is -2.19. The molecule has 1 aromatic heterocycles. The number of aromatic nitrogens is 1. The normalized spacial score (nSPS) is 28.9. The quantitative estimate of drug-likeness (QED) is 0.869. The third kappa shape index (κ3) is 2.37. The van der Waals surface area contributed by atoms with Gasteiger partial charge in [0.05, 0.1) is 6.07 Å². The van der Waals surface area contributed by atoms with Crippen LogP contribution in [0.4, 0.5) is 0 Å². The predicted octanol–water partition coefficient (Wildman–Crippen LogP) is 2.21. The van der Waals surface area contributed by atoms with Crippen molar-refractivity contribution in [3.8, 4) is 6.07 Å². The van der Waals surface area contributed by atoms with Crippen molar-refractivity contribution >= 4 is 11.8 Å². The van der Waals surface area contributed by atoms with Crippen LogP contribution in [0.3, 0.4) is 0 Å². The molecule has 0 saturated heterocycles. The van der Waals surface area contributed by atoms with Gasteiger partial charge in [-0.05, 0) is 38.4 Å². The summed E-state index contributed by atoms with van der Waals surface area (Å²) >= 11 is 1.85. The van der Waals surface area contributed by atoms with Gasteiger partial charge in [-0.1, -0.05) is 0 Å². The number of hydrogen-bond acceptors (Lipinski definition) is 4. The van der Waals surface area contributed by atoms with Crippen LogP contribution in [0.2, 0.25) is 0 Å². The van der Waals surface area contributed by atoms with Gasteiger partial charge in [0.1, 0.15) is 5.54 Å². The van der Waals surface area contributed by atoms with E-state index in [2.05, 4.69) is 16.4 Å². The van der Waals surface area contributed by atoms with Crippen molar-refractivity contribution in [2.24, 2.45) is 0 Å². The molecule has 0 aromatic carbocycles. The highest BCUT2D eigenvalue weighted by atomic mass is 32.2. The minimum atomic E-state index is -0.301. The lowest BCUT2D eigenvalue weighted by molar-refractivity contribution is 0.464. The van der Waals surface area contributed by atoms with Gasteiger partial charge < -0.3 is 5.32 Å². The standard InChI is InChI=1S/C12H15N3S/c1-14-12(9-13)5-2-11(8-12)16-10-3-6-15-7-4-10/h3-4,6-7,11,14H,2,5,8H2,1H3. The molecule has 4 heteroatoms. The molecule has 1 N–H and O–H groups in total. The van der Waals surface area contributed by atoms with E-state index in [9.17, 15) is 0 Å². The van der Waals surface area contributed by atoms with Crippen LogP contribution in [0.15, 0.2) is 29.4 Å². The van der Waals surface area contributed by atoms with Crippen LogP contribution in [-0.4, -0.2) is 22.8 Å². The van der Waals surface area contributed by atoms with Crippen molar-refractivity contribution in [3.63, 3.8) is 0 Å². The molecule has 1 saturated carbocycles. The Hall–Kier alpha value is -1.05. The summed E-state index contributed by atoms with van der Waals surface area (Å²) in [6, 6.07) is 6.45. The molecule has 1 aliphatic rings. The average molecular weight is 233 g/mol. The Morgan fingerprint density at radius 3 is 2.88 bits per heavy atom. The van der Waals surface area contributed by atoms with E-state index >= 15 is 0 Å². The van der Waals surface area contributed by atoms with Gasteiger partial charge in [-0.15, -0.1) is 11.8 Å². The van der Waals surface area contributed by atoms with Gasteiger partial charge in [0.2, 0.25) is 0 Å². The molecule has 0 bridgehead atoms. The molecule has 1 aliphatic carbocycles. The van der Waals surface area contributed by atoms with Crippen molar-refractivity contribution < 1.29 is 0 Å². The van der Waals surface area contributed by atoms with Gasteiger partial charge in [-0.25, -0.2) is 0 Å². The largest absolute Gasteiger partial charge is 0.302 e. The highest BCUT2D eigenvalue weighted by molar-refractivity contribution is 8.00. The molecule has 2 atom stereocenters. The molecule has 0 radical (unpaired) electrons. The fourth-order valence-electron chi connectivity index (χ4n) is 2.09. The first kappa shape index (κ1) is 11.4. The van der Waals surface area contributed by atoms with Gasteiger partial charge in [0, 0.05) is 22.5 Å². The number of hydrogen-bond donors (Lipinski definition) is 1. The molecular formula is C12H15N3S. The van der Waals surface area contributed by atoms with Crippen LogP contribution >= 0.6 is 11.8 Å². The van der Waals surface area contributed by atoms with E-state index < -0.39 is 0 Å². The third-order valence-electron chi connectivity index (χ3n) is 3.11. The number of thioether (sulfide) groups is 1. The Kier molecular flexibility index (Phi) is 3.47. The summed E-state index contributed by atoms with van der Waals surface area (Å²) in [6.07, 6.45) is 6.59. The molecule has 1 heterocycles. The van der Waals surface area contributed by atoms with E-state index in [4.69, 9.17) is 5.26 Å². The van der Waals surface area contributed by atoms with Crippen LogP contribution in [0.5, 0.6) is 0 Å². The minimum Gasteiger partial charge on any atom is -0.302 e. The Morgan fingerprint density at radius 1 is 1.56 bits per heavy atom. The number of pyridine rings is 1. The number of rotatable bonds is 3. The average Bonchev–Trinajstić information content (AvgIpc) is 2.75. The SMILES string of the molecule is CNC1(C#N)CCC(Sc2ccncc2)C1. The van der Waals surface area contributed by atoms with E-state index in [1.54, 1.807) is 0 Å². The van der Waals surface area contributed by atoms with E-state index in [-0.39, 0.29) is 5.54 Å². The Morgan fingerprint density at radius 2 is 2.31 bits per heavy atom. The van der Waals surface area contributed by atoms with Crippen molar-refractivity contribution in [3.05, 3.63) is 24.5 Å². The predicted molar refractivity (Wildman–Crippen MR) is 65.1 cm³/mol. The Labute approximate surface area is 100 Å². The van der Waals surface area contributed by atoms with Gasteiger partial charge in [-0.3, -0.25) is 4.98 Å². The molecule has 1 aromatic rings. The fraction of sp³-hybridized carbons (Fsp3) is 0.500. The fourth-order valence-corrected chi connectivity index (χ4v) is 3.36. The lowest BCUT2D eigenvalue weighted by Crippen LogP contribution is -2.38. The number of nitriles is 1. The molecule has 1 fully saturated rings. The van der Waals surface area contributed by atoms with E-state index in [0.717, 1.165) is 19.3 Å². The monoisotopic (exact) mass is 233 g/mol. The number of nitrogens with one attached hydrogen (secondary N) is 1. The molecule has 0 amide bonds. The van der Waals surface area contributed by atoms with Crippen LogP contribution in [-0.2, 0) is 0 Å². The summed E-state index contributed by atoms with van der Waals surface area (Å²) in [6.45, 7) is 0. The van der Waals surface area contributed by atoms with Crippen LogP contribution < -0.4 is 5.32 Å². The van der Waals surface area contributed by atoms with Crippen LogP contribution in [0.25, 0.3) is 0 Å². The summed E-state index contributed by atoms with van der Waals surface area (Å²) in [4.78, 5) is 5.24. The Bertz CT molecular complexity index is 387. The Balaban J connectivity index is 1.98. The maximum atomic E-state index is 9.17. The summed E-state index contributed by atoms with van der Waals surface area (Å²) in [5.74, 6) is 0. The first-order valence-electron chi connectivity index (χ1n) is 5.45. The maximum Gasteiger partial charge on any atom is 0.107 e. The second kappa shape index (κ2) is 4.86. The highest BCUT2D eigenvalue weighted by Crippen LogP contribution is 2.39. The topological polar surface area (TPSA) is 48.7 Å². The summed E-state index contributed by atoms with van der Waals surface area (Å²) in [5, 5.41) is 12.9. The molecule has 84 valence electrons. The van der Waals surface area contributed by atoms with E-state index in [0.29, 0.717) is 5.25 Å². The van der Waals surface area contributed by atoms with Gasteiger partial charge in [-0.2, -0.15) is 5.26 Å². The zero-order valence-corrected chi connectivity index (χ0v) is 10.1. The molecule has 3 nitrogen and oxygen atoms in total. The van der Waals surface area contributed by atoms with E-state index in [1.807, 2.05) is 43.3 Å². The van der Waals surface area contributed by atoms with Gasteiger partial charge in [0.25, 0.3) is 0 Å². The first-order chi connectivity index (χ1) is 7.78. The second-order valence-corrected chi connectivity index (χ2v) is 5.48. The van der Waals surface area contributed by atoms with Crippen molar-refractivity contribution in [2.45, 2.75) is 34.9 Å². The summed E-state index contributed by atoms with van der Waals surface area (Å²) in [7, 11) is 1.88. The molecule has 0 aliphatic heterocycles. The molecule has 2 unspecified atom stereocenters. The molecule has 0 spiro atoms. The highest BCUT2D eigenvalue weighted by Gasteiger charge is 2.38. The van der Waals surface area contributed by atoms with Crippen molar-refractivity contribution in [1.82, 2.24) is 10.3 Å². The first-order valence-corrected chi connectivity index (χ1v) is 6.33. The molecule has 2 rings (SSSR count). The number of nitrogens with zero attached hydrogens (tertiary/aromatic N) is 2. The third-order valence-corrected chi connectivity index (χ3v) is 4.39. The zero-order chi connectivity index (χ0) is 11.4. The van der Waals surface area contributed by atoms with Crippen molar-refractivity contribution in [2.75, 3.05) is 7.05 Å². The molecule has 16 heavy (non-hydrogen) atoms. The summed E-state index contributed by atoms with van der Waals surface area (Å²) < 4.78 is 0. The smallest absolute Gasteiger partial charge is 0.107 e.